The van der Waals surface area contributed by atoms with E-state index in [-0.39, 0.29) is 5.92 Å². The second-order valence-corrected chi connectivity index (χ2v) is 3.57. The quantitative estimate of drug-likeness (QED) is 0.642. The summed E-state index contributed by atoms with van der Waals surface area (Å²) in [5, 5.41) is 9.14. The Bertz CT molecular complexity index is 225. The molecule has 0 spiro atoms. The lowest BCUT2D eigenvalue weighted by Gasteiger charge is -2.35. The summed E-state index contributed by atoms with van der Waals surface area (Å²) in [6, 6.07) is 0. The van der Waals surface area contributed by atoms with Crippen LogP contribution in [0.15, 0.2) is 0 Å². The molecule has 0 heterocycles. The number of rotatable bonds is 5. The van der Waals surface area contributed by atoms with Gasteiger partial charge in [-0.1, -0.05) is 6.92 Å². The zero-order valence-corrected chi connectivity index (χ0v) is 7.99. The Morgan fingerprint density at radius 2 is 2.23 bits per heavy atom. The molecule has 1 amide bonds. The van der Waals surface area contributed by atoms with Gasteiger partial charge in [-0.15, -0.1) is 0 Å². The molecule has 0 aromatic heterocycles. The molecule has 74 valence electrons. The van der Waals surface area contributed by atoms with Gasteiger partial charge in [0.25, 0.3) is 0 Å². The number of carboxylic acids is 1. The number of carbonyl (C=O) groups excluding carboxylic acids is 1. The molecule has 13 heavy (non-hydrogen) atoms. The molecule has 0 aliphatic heterocycles. The minimum Gasteiger partial charge on any atom is -0.479 e. The Labute approximate surface area is 77.5 Å². The van der Waals surface area contributed by atoms with Gasteiger partial charge in [-0.05, 0) is 25.2 Å². The van der Waals surface area contributed by atoms with E-state index in [0.717, 1.165) is 12.8 Å². The lowest BCUT2D eigenvalue weighted by molar-refractivity contribution is -0.156. The Morgan fingerprint density at radius 3 is 2.46 bits per heavy atom. The van der Waals surface area contributed by atoms with Crippen LogP contribution in [0, 0.1) is 5.92 Å². The molecule has 4 nitrogen and oxygen atoms in total. The smallest absolute Gasteiger partial charge is 0.329 e. The van der Waals surface area contributed by atoms with Crippen LogP contribution in [-0.2, 0) is 9.59 Å². The number of carbonyl (C=O) groups is 2. The van der Waals surface area contributed by atoms with Gasteiger partial charge in [0.15, 0.2) is 0 Å². The summed E-state index contributed by atoms with van der Waals surface area (Å²) in [6.45, 7) is 1.81. The van der Waals surface area contributed by atoms with Gasteiger partial charge >= 0.3 is 5.97 Å². The van der Waals surface area contributed by atoms with Crippen molar-refractivity contribution >= 4 is 12.4 Å². The maximum atomic E-state index is 11.1. The average molecular weight is 185 g/mol. The first-order chi connectivity index (χ1) is 6.09. The van der Waals surface area contributed by atoms with Gasteiger partial charge < -0.3 is 10.0 Å². The largest absolute Gasteiger partial charge is 0.479 e. The van der Waals surface area contributed by atoms with E-state index in [4.69, 9.17) is 5.11 Å². The van der Waals surface area contributed by atoms with Gasteiger partial charge in [0, 0.05) is 7.05 Å². The minimum absolute atomic E-state index is 0.144. The molecule has 0 aromatic rings. The molecule has 1 saturated carbocycles. The standard InChI is InChI=1S/C9H15NO3/c1-3-9(8(12)13,7-4-5-7)10(2)6-11/h6-7H,3-5H2,1-2H3,(H,12,13). The number of amides is 1. The van der Waals surface area contributed by atoms with E-state index in [1.165, 1.54) is 4.90 Å². The molecule has 4 heteroatoms. The van der Waals surface area contributed by atoms with Gasteiger partial charge in [0.2, 0.25) is 6.41 Å². The van der Waals surface area contributed by atoms with Crippen molar-refractivity contribution < 1.29 is 14.7 Å². The molecule has 1 atom stereocenters. The summed E-state index contributed by atoms with van der Waals surface area (Å²) >= 11 is 0. The van der Waals surface area contributed by atoms with Gasteiger partial charge in [0.05, 0.1) is 0 Å². The number of hydrogen-bond donors (Lipinski definition) is 1. The van der Waals surface area contributed by atoms with E-state index < -0.39 is 11.5 Å². The molecule has 1 aliphatic carbocycles. The highest BCUT2D eigenvalue weighted by atomic mass is 16.4. The Balaban J connectivity index is 2.94. The SMILES string of the molecule is CCC(C(=O)O)(C1CC1)N(C)C=O. The van der Waals surface area contributed by atoms with Gasteiger partial charge in [-0.3, -0.25) is 4.79 Å². The summed E-state index contributed by atoms with van der Waals surface area (Å²) in [5.41, 5.74) is -0.957. The second kappa shape index (κ2) is 3.36. The van der Waals surface area contributed by atoms with E-state index in [2.05, 4.69) is 0 Å². The van der Waals surface area contributed by atoms with Crippen molar-refractivity contribution in [3.05, 3.63) is 0 Å². The average Bonchev–Trinajstić information content (AvgIpc) is 2.89. The molecule has 1 rings (SSSR count). The molecule has 1 fully saturated rings. The van der Waals surface area contributed by atoms with Crippen molar-refractivity contribution in [1.82, 2.24) is 4.90 Å². The first kappa shape index (κ1) is 10.0. The molecule has 1 unspecified atom stereocenters. The van der Waals surface area contributed by atoms with Crippen molar-refractivity contribution in [2.75, 3.05) is 7.05 Å². The summed E-state index contributed by atoms with van der Waals surface area (Å²) in [7, 11) is 1.54. The van der Waals surface area contributed by atoms with Gasteiger partial charge in [-0.25, -0.2) is 4.79 Å². The van der Waals surface area contributed by atoms with Crippen molar-refractivity contribution in [2.24, 2.45) is 5.92 Å². The molecular weight excluding hydrogens is 170 g/mol. The van der Waals surface area contributed by atoms with Crippen LogP contribution in [0.3, 0.4) is 0 Å². The second-order valence-electron chi connectivity index (χ2n) is 3.57. The summed E-state index contributed by atoms with van der Waals surface area (Å²) in [5.74, 6) is -0.739. The van der Waals surface area contributed by atoms with Crippen LogP contribution in [0.2, 0.25) is 0 Å². The molecular formula is C9H15NO3. The third-order valence-electron chi connectivity index (χ3n) is 2.95. The number of carboxylic acid groups (broad SMARTS) is 1. The fourth-order valence-corrected chi connectivity index (χ4v) is 1.96. The van der Waals surface area contributed by atoms with Crippen molar-refractivity contribution in [1.29, 1.82) is 0 Å². The summed E-state index contributed by atoms with van der Waals surface area (Å²) in [6.07, 6.45) is 2.91. The number of aliphatic carboxylic acids is 1. The maximum Gasteiger partial charge on any atom is 0.329 e. The molecule has 1 N–H and O–H groups in total. The summed E-state index contributed by atoms with van der Waals surface area (Å²) in [4.78, 5) is 23.0. The van der Waals surface area contributed by atoms with E-state index in [1.807, 2.05) is 6.92 Å². The van der Waals surface area contributed by atoms with Crippen LogP contribution < -0.4 is 0 Å². The molecule has 0 saturated heterocycles. The first-order valence-electron chi connectivity index (χ1n) is 4.51. The lowest BCUT2D eigenvalue weighted by Crippen LogP contribution is -2.53. The van der Waals surface area contributed by atoms with Gasteiger partial charge in [-0.2, -0.15) is 0 Å². The third kappa shape index (κ3) is 1.41. The predicted octanol–water partition coefficient (Wildman–Crippen LogP) is 0.718. The van der Waals surface area contributed by atoms with E-state index >= 15 is 0 Å². The van der Waals surface area contributed by atoms with Crippen molar-refractivity contribution in [2.45, 2.75) is 31.7 Å². The van der Waals surface area contributed by atoms with E-state index in [0.29, 0.717) is 12.8 Å². The maximum absolute atomic E-state index is 11.1. The van der Waals surface area contributed by atoms with Crippen LogP contribution in [-0.4, -0.2) is 35.0 Å². The molecule has 0 bridgehead atoms. The number of likely N-dealkylation sites (N-methyl/N-ethyl adjacent to an activating group) is 1. The predicted molar refractivity (Wildman–Crippen MR) is 47.2 cm³/mol. The molecule has 1 aliphatic rings. The van der Waals surface area contributed by atoms with E-state index in [9.17, 15) is 9.59 Å². The zero-order chi connectivity index (χ0) is 10.1. The third-order valence-corrected chi connectivity index (χ3v) is 2.95. The highest BCUT2D eigenvalue weighted by Gasteiger charge is 2.52. The van der Waals surface area contributed by atoms with Gasteiger partial charge in [0.1, 0.15) is 5.54 Å². The fourth-order valence-electron chi connectivity index (χ4n) is 1.96. The Morgan fingerprint density at radius 1 is 1.69 bits per heavy atom. The molecule has 0 aromatic carbocycles. The zero-order valence-electron chi connectivity index (χ0n) is 7.99. The molecule has 0 radical (unpaired) electrons. The van der Waals surface area contributed by atoms with E-state index in [1.54, 1.807) is 7.05 Å². The van der Waals surface area contributed by atoms with Crippen LogP contribution in [0.25, 0.3) is 0 Å². The number of hydrogen-bond acceptors (Lipinski definition) is 2. The van der Waals surface area contributed by atoms with Crippen LogP contribution in [0.4, 0.5) is 0 Å². The monoisotopic (exact) mass is 185 g/mol. The lowest BCUT2D eigenvalue weighted by atomic mass is 9.89. The topological polar surface area (TPSA) is 57.6 Å². The van der Waals surface area contributed by atoms with Crippen molar-refractivity contribution in [3.8, 4) is 0 Å². The normalized spacial score (nSPS) is 20.5. The first-order valence-corrected chi connectivity index (χ1v) is 4.51. The van der Waals surface area contributed by atoms with Crippen LogP contribution in [0.1, 0.15) is 26.2 Å². The highest BCUT2D eigenvalue weighted by molar-refractivity contribution is 5.82. The number of nitrogens with zero attached hydrogens (tertiary/aromatic N) is 1. The Kier molecular flexibility index (Phi) is 2.59. The van der Waals surface area contributed by atoms with Crippen LogP contribution >= 0.6 is 0 Å². The fraction of sp³-hybridized carbons (Fsp3) is 0.778. The minimum atomic E-state index is -0.957. The summed E-state index contributed by atoms with van der Waals surface area (Å²) < 4.78 is 0. The Hall–Kier alpha value is -1.06. The van der Waals surface area contributed by atoms with Crippen LogP contribution in [0.5, 0.6) is 0 Å². The highest BCUT2D eigenvalue weighted by Crippen LogP contribution is 2.44. The van der Waals surface area contributed by atoms with Crippen molar-refractivity contribution in [3.63, 3.8) is 0 Å².